The third-order valence-corrected chi connectivity index (χ3v) is 7.02. The van der Waals surface area contributed by atoms with Gasteiger partial charge in [0.2, 0.25) is 5.91 Å². The molecule has 0 radical (unpaired) electrons. The van der Waals surface area contributed by atoms with Crippen molar-refractivity contribution < 1.29 is 9.53 Å². The van der Waals surface area contributed by atoms with Gasteiger partial charge < -0.3 is 10.1 Å². The molecular formula is C28H29N3O3S. The van der Waals surface area contributed by atoms with Crippen molar-refractivity contribution in [2.45, 2.75) is 36.7 Å². The zero-order valence-electron chi connectivity index (χ0n) is 20.1. The SMILES string of the molecule is COc1ccc(Cn2c(SC(C)C(=O)NCC(C)c3ccccc3)nc3ccccc3c2=O)cc1. The number of benzene rings is 3. The average molecular weight is 488 g/mol. The number of hydrogen-bond donors (Lipinski definition) is 1. The van der Waals surface area contributed by atoms with Gasteiger partial charge in [0.15, 0.2) is 5.16 Å². The lowest BCUT2D eigenvalue weighted by molar-refractivity contribution is -0.120. The Kier molecular flexibility index (Phi) is 7.87. The van der Waals surface area contributed by atoms with Crippen LogP contribution in [0.4, 0.5) is 0 Å². The van der Waals surface area contributed by atoms with Crippen LogP contribution in [0, 0.1) is 0 Å². The Morgan fingerprint density at radius 2 is 1.69 bits per heavy atom. The van der Waals surface area contributed by atoms with Gasteiger partial charge in [0.05, 0.1) is 29.8 Å². The van der Waals surface area contributed by atoms with E-state index in [1.54, 1.807) is 17.7 Å². The molecule has 4 rings (SSSR count). The van der Waals surface area contributed by atoms with Crippen LogP contribution in [0.1, 0.15) is 30.9 Å². The van der Waals surface area contributed by atoms with Crippen molar-refractivity contribution in [2.24, 2.45) is 0 Å². The molecule has 1 N–H and O–H groups in total. The fraction of sp³-hybridized carbons (Fsp3) is 0.250. The molecule has 0 aliphatic heterocycles. The van der Waals surface area contributed by atoms with Gasteiger partial charge in [-0.15, -0.1) is 0 Å². The number of nitrogens with zero attached hydrogens (tertiary/aromatic N) is 2. The van der Waals surface area contributed by atoms with E-state index < -0.39 is 5.25 Å². The van der Waals surface area contributed by atoms with Gasteiger partial charge in [-0.05, 0) is 48.2 Å². The molecule has 0 aliphatic carbocycles. The molecule has 7 heteroatoms. The Hall–Kier alpha value is -3.58. The molecule has 0 aliphatic rings. The quantitative estimate of drug-likeness (QED) is 0.270. The molecule has 0 spiro atoms. The van der Waals surface area contributed by atoms with E-state index in [4.69, 9.17) is 9.72 Å². The van der Waals surface area contributed by atoms with Gasteiger partial charge in [0, 0.05) is 6.54 Å². The third-order valence-electron chi connectivity index (χ3n) is 5.93. The molecule has 0 saturated carbocycles. The zero-order valence-corrected chi connectivity index (χ0v) is 20.9. The Morgan fingerprint density at radius 1 is 1.00 bits per heavy atom. The molecule has 1 heterocycles. The van der Waals surface area contributed by atoms with E-state index >= 15 is 0 Å². The first-order valence-electron chi connectivity index (χ1n) is 11.6. The van der Waals surface area contributed by atoms with Crippen LogP contribution in [-0.4, -0.2) is 34.4 Å². The van der Waals surface area contributed by atoms with Gasteiger partial charge in [-0.3, -0.25) is 14.2 Å². The van der Waals surface area contributed by atoms with E-state index in [-0.39, 0.29) is 17.4 Å². The molecule has 2 atom stereocenters. The maximum Gasteiger partial charge on any atom is 0.262 e. The van der Waals surface area contributed by atoms with Gasteiger partial charge in [0.1, 0.15) is 5.75 Å². The number of carbonyl (C=O) groups is 1. The Morgan fingerprint density at radius 3 is 2.40 bits per heavy atom. The Bertz CT molecular complexity index is 1350. The van der Waals surface area contributed by atoms with E-state index in [0.717, 1.165) is 11.3 Å². The molecule has 0 saturated heterocycles. The molecule has 2 unspecified atom stereocenters. The van der Waals surface area contributed by atoms with Crippen LogP contribution in [0.3, 0.4) is 0 Å². The van der Waals surface area contributed by atoms with E-state index in [2.05, 4.69) is 24.4 Å². The van der Waals surface area contributed by atoms with Crippen LogP contribution in [0.5, 0.6) is 5.75 Å². The summed E-state index contributed by atoms with van der Waals surface area (Å²) in [5, 5.41) is 3.69. The number of hydrogen-bond acceptors (Lipinski definition) is 5. The number of aromatic nitrogens is 2. The van der Waals surface area contributed by atoms with Crippen LogP contribution < -0.4 is 15.6 Å². The molecule has 3 aromatic carbocycles. The number of amides is 1. The number of rotatable bonds is 9. The lowest BCUT2D eigenvalue weighted by Gasteiger charge is -2.18. The van der Waals surface area contributed by atoms with Gasteiger partial charge in [-0.1, -0.05) is 73.3 Å². The average Bonchev–Trinajstić information content (AvgIpc) is 2.90. The minimum absolute atomic E-state index is 0.0869. The number of thioether (sulfide) groups is 1. The number of ether oxygens (including phenoxy) is 1. The Balaban J connectivity index is 1.55. The Labute approximate surface area is 209 Å². The van der Waals surface area contributed by atoms with Crippen molar-refractivity contribution in [2.75, 3.05) is 13.7 Å². The molecule has 4 aromatic rings. The zero-order chi connectivity index (χ0) is 24.8. The van der Waals surface area contributed by atoms with Crippen molar-refractivity contribution in [3.05, 3.63) is 100 Å². The monoisotopic (exact) mass is 487 g/mol. The fourth-order valence-corrected chi connectivity index (χ4v) is 4.73. The molecule has 6 nitrogen and oxygen atoms in total. The van der Waals surface area contributed by atoms with Gasteiger partial charge in [0.25, 0.3) is 5.56 Å². The summed E-state index contributed by atoms with van der Waals surface area (Å²) in [5.41, 5.74) is 2.62. The number of methoxy groups -OCH3 is 1. The van der Waals surface area contributed by atoms with Crippen LogP contribution >= 0.6 is 11.8 Å². The van der Waals surface area contributed by atoms with Gasteiger partial charge in [-0.25, -0.2) is 4.98 Å². The molecule has 35 heavy (non-hydrogen) atoms. The number of carbonyl (C=O) groups excluding carboxylic acids is 1. The first kappa shape index (κ1) is 24.5. The highest BCUT2D eigenvalue weighted by atomic mass is 32.2. The highest BCUT2D eigenvalue weighted by molar-refractivity contribution is 8.00. The summed E-state index contributed by atoms with van der Waals surface area (Å²) >= 11 is 1.30. The second-order valence-corrected chi connectivity index (χ2v) is 9.78. The third kappa shape index (κ3) is 5.92. The van der Waals surface area contributed by atoms with Crippen LogP contribution in [0.15, 0.2) is 88.8 Å². The van der Waals surface area contributed by atoms with Crippen molar-refractivity contribution >= 4 is 28.6 Å². The van der Waals surface area contributed by atoms with Crippen molar-refractivity contribution in [1.29, 1.82) is 0 Å². The minimum Gasteiger partial charge on any atom is -0.497 e. The van der Waals surface area contributed by atoms with E-state index in [1.165, 1.54) is 17.3 Å². The number of fused-ring (bicyclic) bond motifs is 1. The maximum atomic E-state index is 13.4. The van der Waals surface area contributed by atoms with Crippen molar-refractivity contribution in [1.82, 2.24) is 14.9 Å². The summed E-state index contributed by atoms with van der Waals surface area (Å²) in [6.07, 6.45) is 0. The van der Waals surface area contributed by atoms with Crippen LogP contribution in [0.2, 0.25) is 0 Å². The van der Waals surface area contributed by atoms with Gasteiger partial charge >= 0.3 is 0 Å². The van der Waals surface area contributed by atoms with E-state index in [1.807, 2.05) is 67.6 Å². The normalized spacial score (nSPS) is 12.8. The maximum absolute atomic E-state index is 13.4. The van der Waals surface area contributed by atoms with Gasteiger partial charge in [-0.2, -0.15) is 0 Å². The van der Waals surface area contributed by atoms with Crippen molar-refractivity contribution in [3.63, 3.8) is 0 Å². The largest absolute Gasteiger partial charge is 0.497 e. The summed E-state index contributed by atoms with van der Waals surface area (Å²) in [6.45, 7) is 4.82. The second kappa shape index (κ2) is 11.2. The predicted octanol–water partition coefficient (Wildman–Crippen LogP) is 4.85. The standard InChI is InChI=1S/C28H29N3O3S/c1-19(22-9-5-4-6-10-22)17-29-26(32)20(2)35-28-30-25-12-8-7-11-24(25)27(33)31(28)18-21-13-15-23(34-3)16-14-21/h4-16,19-20H,17-18H2,1-3H3,(H,29,32). The summed E-state index contributed by atoms with van der Waals surface area (Å²) in [6, 6.07) is 25.0. The van der Waals surface area contributed by atoms with E-state index in [9.17, 15) is 9.59 Å². The summed E-state index contributed by atoms with van der Waals surface area (Å²) in [5.74, 6) is 0.864. The molecular weight excluding hydrogens is 458 g/mol. The molecule has 180 valence electrons. The number of nitrogens with one attached hydrogen (secondary N) is 1. The fourth-order valence-electron chi connectivity index (χ4n) is 3.80. The first-order valence-corrected chi connectivity index (χ1v) is 12.5. The number of para-hydroxylation sites is 1. The predicted molar refractivity (Wildman–Crippen MR) is 141 cm³/mol. The molecule has 0 bridgehead atoms. The van der Waals surface area contributed by atoms with Crippen LogP contribution in [-0.2, 0) is 11.3 Å². The second-order valence-electron chi connectivity index (χ2n) is 8.47. The highest BCUT2D eigenvalue weighted by Crippen LogP contribution is 2.24. The molecule has 0 fully saturated rings. The smallest absolute Gasteiger partial charge is 0.262 e. The topological polar surface area (TPSA) is 73.2 Å². The molecule has 1 aromatic heterocycles. The lowest BCUT2D eigenvalue weighted by atomic mass is 10.0. The minimum atomic E-state index is -0.423. The van der Waals surface area contributed by atoms with Crippen LogP contribution in [0.25, 0.3) is 10.9 Å². The van der Waals surface area contributed by atoms with E-state index in [0.29, 0.717) is 29.1 Å². The summed E-state index contributed by atoms with van der Waals surface area (Å²) < 4.78 is 6.89. The summed E-state index contributed by atoms with van der Waals surface area (Å²) in [4.78, 5) is 31.0. The first-order chi connectivity index (χ1) is 17.0. The lowest BCUT2D eigenvalue weighted by Crippen LogP contribution is -2.34. The van der Waals surface area contributed by atoms with Crippen molar-refractivity contribution in [3.8, 4) is 5.75 Å². The highest BCUT2D eigenvalue weighted by Gasteiger charge is 2.20. The summed E-state index contributed by atoms with van der Waals surface area (Å²) in [7, 11) is 1.62. The molecule has 1 amide bonds.